The second kappa shape index (κ2) is 13.1. The van der Waals surface area contributed by atoms with Crippen molar-refractivity contribution in [1.29, 1.82) is 0 Å². The van der Waals surface area contributed by atoms with E-state index in [9.17, 15) is 19.2 Å². The van der Waals surface area contributed by atoms with Gasteiger partial charge in [0.1, 0.15) is 29.6 Å². The molecule has 2 amide bonds. The molecule has 0 bridgehead atoms. The quantitative estimate of drug-likeness (QED) is 0.282. The molecule has 14 heteroatoms. The van der Waals surface area contributed by atoms with Gasteiger partial charge in [0.2, 0.25) is 0 Å². The number of pyridine rings is 2. The van der Waals surface area contributed by atoms with E-state index in [1.54, 1.807) is 40.3 Å². The van der Waals surface area contributed by atoms with E-state index in [0.717, 1.165) is 12.8 Å². The monoisotopic (exact) mass is 694 g/mol. The first kappa shape index (κ1) is 34.1. The highest BCUT2D eigenvalue weighted by Gasteiger charge is 2.38. The van der Waals surface area contributed by atoms with Crippen LogP contribution in [0, 0.1) is 5.41 Å². The molecule has 2 aliphatic heterocycles. The minimum absolute atomic E-state index is 0.0652. The van der Waals surface area contributed by atoms with Gasteiger partial charge in [0, 0.05) is 56.3 Å². The van der Waals surface area contributed by atoms with Gasteiger partial charge in [-0.3, -0.25) is 24.1 Å². The molecular formula is C37H42N8O6. The Hall–Kier alpha value is -5.37. The molecule has 7 rings (SSSR count). The predicted molar refractivity (Wildman–Crippen MR) is 189 cm³/mol. The van der Waals surface area contributed by atoms with Crippen molar-refractivity contribution < 1.29 is 23.9 Å². The Morgan fingerprint density at radius 1 is 1.04 bits per heavy atom. The van der Waals surface area contributed by atoms with Gasteiger partial charge in [-0.05, 0) is 68.0 Å². The van der Waals surface area contributed by atoms with Crippen LogP contribution in [0.5, 0.6) is 0 Å². The molecular weight excluding hydrogens is 652 g/mol. The van der Waals surface area contributed by atoms with Gasteiger partial charge >= 0.3 is 5.97 Å². The number of rotatable bonds is 7. The Kier molecular flexibility index (Phi) is 8.74. The van der Waals surface area contributed by atoms with Crippen molar-refractivity contribution >= 4 is 35.1 Å². The third kappa shape index (κ3) is 6.39. The molecule has 4 aromatic rings. The number of hydrogen-bond donors (Lipinski definition) is 1. The van der Waals surface area contributed by atoms with Crippen molar-refractivity contribution in [1.82, 2.24) is 29.2 Å². The number of nitrogens with one attached hydrogen (secondary N) is 1. The first-order valence-electron chi connectivity index (χ1n) is 17.2. The molecule has 14 nitrogen and oxygen atoms in total. The Balaban J connectivity index is 1.20. The summed E-state index contributed by atoms with van der Waals surface area (Å²) in [6.45, 7) is 11.5. The zero-order valence-electron chi connectivity index (χ0n) is 29.7. The summed E-state index contributed by atoms with van der Waals surface area (Å²) in [5, 5.41) is 7.61. The van der Waals surface area contributed by atoms with Crippen LogP contribution < -0.4 is 15.8 Å². The Labute approximate surface area is 295 Å². The topological polar surface area (TPSA) is 154 Å². The lowest BCUT2D eigenvalue weighted by molar-refractivity contribution is -0.142. The van der Waals surface area contributed by atoms with Crippen molar-refractivity contribution in [3.8, 4) is 11.3 Å². The van der Waals surface area contributed by atoms with Crippen LogP contribution in [0.4, 0.5) is 17.3 Å². The maximum atomic E-state index is 14.0. The van der Waals surface area contributed by atoms with Crippen LogP contribution in [0.1, 0.15) is 72.3 Å². The summed E-state index contributed by atoms with van der Waals surface area (Å²) in [5.74, 6) is -0.0838. The second-order valence-corrected chi connectivity index (χ2v) is 14.4. The molecule has 0 radical (unpaired) electrons. The van der Waals surface area contributed by atoms with Crippen LogP contribution in [-0.2, 0) is 47.3 Å². The molecule has 0 aromatic carbocycles. The number of aryl methyl sites for hydroxylation is 1. The molecule has 51 heavy (non-hydrogen) atoms. The number of aromatic nitrogens is 5. The zero-order valence-corrected chi connectivity index (χ0v) is 29.7. The highest BCUT2D eigenvalue weighted by Crippen LogP contribution is 2.40. The molecule has 1 N–H and O–H groups in total. The number of esters is 1. The van der Waals surface area contributed by atoms with Crippen molar-refractivity contribution in [2.45, 2.75) is 72.7 Å². The van der Waals surface area contributed by atoms with Crippen LogP contribution >= 0.6 is 0 Å². The summed E-state index contributed by atoms with van der Waals surface area (Å²) in [7, 11) is 1.54. The van der Waals surface area contributed by atoms with Gasteiger partial charge < -0.3 is 24.3 Å². The van der Waals surface area contributed by atoms with Crippen molar-refractivity contribution in [2.75, 3.05) is 30.0 Å². The van der Waals surface area contributed by atoms with Gasteiger partial charge in [-0.1, -0.05) is 13.8 Å². The molecule has 4 aromatic heterocycles. The van der Waals surface area contributed by atoms with Crippen LogP contribution in [0.3, 0.4) is 0 Å². The number of hydrogen-bond acceptors (Lipinski definition) is 10. The maximum absolute atomic E-state index is 14.0. The normalized spacial score (nSPS) is 19.5. The minimum atomic E-state index is -0.491. The molecule has 1 unspecified atom stereocenters. The lowest BCUT2D eigenvalue weighted by atomic mass is 9.90. The van der Waals surface area contributed by atoms with Gasteiger partial charge in [-0.15, -0.1) is 0 Å². The largest absolute Gasteiger partial charge is 0.461 e. The number of morpholine rings is 1. The molecule has 266 valence electrons. The Morgan fingerprint density at radius 2 is 1.80 bits per heavy atom. The third-order valence-electron chi connectivity index (χ3n) is 9.85. The summed E-state index contributed by atoms with van der Waals surface area (Å²) in [6, 6.07) is 8.50. The highest BCUT2D eigenvalue weighted by molar-refractivity contribution is 6.06. The van der Waals surface area contributed by atoms with Crippen molar-refractivity contribution in [2.24, 2.45) is 12.5 Å². The lowest BCUT2D eigenvalue weighted by Crippen LogP contribution is -2.52. The molecule has 0 spiro atoms. The zero-order chi connectivity index (χ0) is 36.2. The number of anilines is 3. The molecule has 1 aliphatic carbocycles. The molecule has 0 saturated carbocycles. The number of carbonyl (C=O) groups excluding carboxylic acids is 3. The molecule has 1 saturated heterocycles. The number of carbonyl (C=O) groups is 3. The van der Waals surface area contributed by atoms with E-state index >= 15 is 0 Å². The summed E-state index contributed by atoms with van der Waals surface area (Å²) in [6.07, 6.45) is 4.90. The Bertz CT molecular complexity index is 2090. The fourth-order valence-corrected chi connectivity index (χ4v) is 7.50. The van der Waals surface area contributed by atoms with Crippen molar-refractivity contribution in [3.05, 3.63) is 81.2 Å². The number of ether oxygens (including phenoxy) is 2. The van der Waals surface area contributed by atoms with Crippen molar-refractivity contribution in [3.63, 3.8) is 0 Å². The summed E-state index contributed by atoms with van der Waals surface area (Å²) < 4.78 is 14.4. The van der Waals surface area contributed by atoms with E-state index in [-0.39, 0.29) is 41.6 Å². The van der Waals surface area contributed by atoms with E-state index in [1.807, 2.05) is 19.9 Å². The molecule has 3 aliphatic rings. The smallest absolute Gasteiger partial charge is 0.302 e. The average molecular weight is 695 g/mol. The summed E-state index contributed by atoms with van der Waals surface area (Å²) >= 11 is 0. The first-order valence-corrected chi connectivity index (χ1v) is 17.2. The minimum Gasteiger partial charge on any atom is -0.461 e. The third-order valence-corrected chi connectivity index (χ3v) is 9.85. The van der Waals surface area contributed by atoms with E-state index in [4.69, 9.17) is 9.47 Å². The van der Waals surface area contributed by atoms with E-state index in [1.165, 1.54) is 36.1 Å². The van der Waals surface area contributed by atoms with Gasteiger partial charge in [0.25, 0.3) is 17.4 Å². The fraction of sp³-hybridized carbons (Fsp3) is 0.432. The number of nitrogens with zero attached hydrogens (tertiary/aromatic N) is 7. The van der Waals surface area contributed by atoms with E-state index < -0.39 is 11.5 Å². The Morgan fingerprint density at radius 3 is 2.51 bits per heavy atom. The van der Waals surface area contributed by atoms with Crippen LogP contribution in [0.25, 0.3) is 11.3 Å². The van der Waals surface area contributed by atoms with Gasteiger partial charge in [0.05, 0.1) is 36.6 Å². The predicted octanol–water partition coefficient (Wildman–Crippen LogP) is 3.88. The SMILES string of the molecule is CC(=O)OCc1c(-c2cc(Nc3ccc(C(=O)N4C(C)COC[C@H]4C)cn3)c(=O)n(C)n2)ccnc1N1CCn2c(cc3c2CC(C)(C)C3)C1=O. The van der Waals surface area contributed by atoms with Gasteiger partial charge in [0.15, 0.2) is 0 Å². The average Bonchev–Trinajstić information content (AvgIpc) is 3.58. The van der Waals surface area contributed by atoms with Gasteiger partial charge in [-0.2, -0.15) is 5.10 Å². The molecule has 6 heterocycles. The summed E-state index contributed by atoms with van der Waals surface area (Å²) in [5.41, 5.74) is 4.83. The second-order valence-electron chi connectivity index (χ2n) is 14.4. The molecule has 1 fully saturated rings. The fourth-order valence-electron chi connectivity index (χ4n) is 7.50. The lowest BCUT2D eigenvalue weighted by Gasteiger charge is -2.38. The summed E-state index contributed by atoms with van der Waals surface area (Å²) in [4.78, 5) is 65.1. The van der Waals surface area contributed by atoms with Gasteiger partial charge in [-0.25, -0.2) is 14.6 Å². The highest BCUT2D eigenvalue weighted by atomic mass is 16.5. The standard InChI is InChI=1S/C37H42N8O6/c1-21-18-50-19-22(2)45(21)34(47)24-7-8-32(39-17-24)40-29-14-28(41-42(6)35(29)48)26-9-10-38-33(27(26)20-51-23(3)46)44-12-11-43-30(36(44)49)13-25-15-37(4,5)16-31(25)43/h7-10,13-14,17,21-22H,11-12,15-16,18-20H2,1-6H3,(H,39,40)/t21-,22?/m1/s1. The first-order chi connectivity index (χ1) is 24.3. The maximum Gasteiger partial charge on any atom is 0.302 e. The van der Waals surface area contributed by atoms with Crippen LogP contribution in [0.2, 0.25) is 0 Å². The van der Waals surface area contributed by atoms with Crippen LogP contribution in [0.15, 0.2) is 47.5 Å². The number of amides is 2. The van der Waals surface area contributed by atoms with E-state index in [2.05, 4.69) is 38.8 Å². The van der Waals surface area contributed by atoms with Crippen LogP contribution in [-0.4, -0.2) is 78.8 Å². The molecule has 2 atom stereocenters. The number of fused-ring (bicyclic) bond motifs is 3. The van der Waals surface area contributed by atoms with E-state index in [0.29, 0.717) is 66.0 Å².